The van der Waals surface area contributed by atoms with E-state index < -0.39 is 0 Å². The summed E-state index contributed by atoms with van der Waals surface area (Å²) in [6, 6.07) is 3.53. The molecule has 1 saturated heterocycles. The first-order valence-electron chi connectivity index (χ1n) is 6.88. The molecule has 0 atom stereocenters. The molecule has 1 N–H and O–H groups in total. The fraction of sp³-hybridized carbons (Fsp3) is 0.500. The molecular formula is C14H20N4O3. The molecule has 7 heteroatoms. The Bertz CT molecular complexity index is 513. The Morgan fingerprint density at radius 2 is 1.95 bits per heavy atom. The van der Waals surface area contributed by atoms with Crippen LogP contribution in [0.2, 0.25) is 0 Å². The molecule has 0 aromatic carbocycles. The van der Waals surface area contributed by atoms with Gasteiger partial charge in [0.2, 0.25) is 11.8 Å². The summed E-state index contributed by atoms with van der Waals surface area (Å²) in [5, 5.41) is 2.85. The van der Waals surface area contributed by atoms with Crippen LogP contribution in [-0.2, 0) is 11.3 Å². The number of nitrogens with one attached hydrogen (secondary N) is 1. The molecule has 21 heavy (non-hydrogen) atoms. The molecule has 1 aliphatic heterocycles. The van der Waals surface area contributed by atoms with Crippen molar-refractivity contribution in [1.82, 2.24) is 20.1 Å². The molecule has 7 nitrogen and oxygen atoms in total. The van der Waals surface area contributed by atoms with Gasteiger partial charge in [0.25, 0.3) is 0 Å². The van der Waals surface area contributed by atoms with E-state index in [1.165, 1.54) is 0 Å². The predicted molar refractivity (Wildman–Crippen MR) is 76.9 cm³/mol. The van der Waals surface area contributed by atoms with Crippen LogP contribution in [0.4, 0.5) is 4.79 Å². The lowest BCUT2D eigenvalue weighted by Gasteiger charge is -2.34. The first-order valence-corrected chi connectivity index (χ1v) is 6.88. The predicted octanol–water partition coefficient (Wildman–Crippen LogP) is 0.464. The second-order valence-corrected chi connectivity index (χ2v) is 4.82. The van der Waals surface area contributed by atoms with E-state index in [0.717, 1.165) is 5.56 Å². The summed E-state index contributed by atoms with van der Waals surface area (Å²) in [4.78, 5) is 30.9. The number of methoxy groups -OCH3 is 1. The third kappa shape index (κ3) is 3.84. The Labute approximate surface area is 123 Å². The zero-order valence-corrected chi connectivity index (χ0v) is 12.3. The maximum Gasteiger partial charge on any atom is 0.317 e. The van der Waals surface area contributed by atoms with Gasteiger partial charge >= 0.3 is 6.03 Å². The number of hydrogen-bond acceptors (Lipinski definition) is 4. The summed E-state index contributed by atoms with van der Waals surface area (Å²) in [5.41, 5.74) is 0.829. The van der Waals surface area contributed by atoms with Crippen LogP contribution in [-0.4, -0.2) is 60.0 Å². The molecule has 0 radical (unpaired) electrons. The van der Waals surface area contributed by atoms with Crippen molar-refractivity contribution in [1.29, 1.82) is 0 Å². The number of ether oxygens (including phenoxy) is 1. The maximum absolute atomic E-state index is 12.1. The Kier molecular flexibility index (Phi) is 4.97. The lowest BCUT2D eigenvalue weighted by atomic mass is 10.2. The summed E-state index contributed by atoms with van der Waals surface area (Å²) in [6.07, 6.45) is 1.64. The van der Waals surface area contributed by atoms with Gasteiger partial charge in [0.05, 0.1) is 7.11 Å². The zero-order chi connectivity index (χ0) is 15.2. The number of amides is 3. The summed E-state index contributed by atoms with van der Waals surface area (Å²) in [6.45, 7) is 4.18. The van der Waals surface area contributed by atoms with Crippen LogP contribution >= 0.6 is 0 Å². The number of piperazine rings is 1. The van der Waals surface area contributed by atoms with Crippen molar-refractivity contribution in [2.45, 2.75) is 13.5 Å². The Morgan fingerprint density at radius 3 is 2.57 bits per heavy atom. The topological polar surface area (TPSA) is 74.8 Å². The third-order valence-corrected chi connectivity index (χ3v) is 3.49. The third-order valence-electron chi connectivity index (χ3n) is 3.49. The van der Waals surface area contributed by atoms with Crippen molar-refractivity contribution in [3.05, 3.63) is 23.9 Å². The van der Waals surface area contributed by atoms with E-state index in [2.05, 4.69) is 10.3 Å². The van der Waals surface area contributed by atoms with Gasteiger partial charge in [-0.2, -0.15) is 0 Å². The number of carbonyl (C=O) groups is 2. The highest BCUT2D eigenvalue weighted by atomic mass is 16.5. The minimum Gasteiger partial charge on any atom is -0.481 e. The fourth-order valence-electron chi connectivity index (χ4n) is 2.25. The molecular weight excluding hydrogens is 272 g/mol. The van der Waals surface area contributed by atoms with E-state index in [1.54, 1.807) is 36.1 Å². The van der Waals surface area contributed by atoms with Crippen molar-refractivity contribution < 1.29 is 14.3 Å². The van der Waals surface area contributed by atoms with E-state index in [0.29, 0.717) is 38.6 Å². The van der Waals surface area contributed by atoms with Crippen LogP contribution < -0.4 is 10.1 Å². The Hall–Kier alpha value is -2.31. The van der Waals surface area contributed by atoms with E-state index in [9.17, 15) is 9.59 Å². The summed E-state index contributed by atoms with van der Waals surface area (Å²) in [5.74, 6) is 0.564. The number of aromatic nitrogens is 1. The number of rotatable bonds is 3. The van der Waals surface area contributed by atoms with Crippen LogP contribution in [0.15, 0.2) is 18.3 Å². The van der Waals surface area contributed by atoms with Crippen LogP contribution in [0.25, 0.3) is 0 Å². The number of hydrogen-bond donors (Lipinski definition) is 1. The van der Waals surface area contributed by atoms with Gasteiger partial charge in [-0.25, -0.2) is 9.78 Å². The van der Waals surface area contributed by atoms with Gasteiger partial charge in [0, 0.05) is 51.4 Å². The lowest BCUT2D eigenvalue weighted by Crippen LogP contribution is -2.52. The van der Waals surface area contributed by atoms with Gasteiger partial charge in [0.15, 0.2) is 0 Å². The largest absolute Gasteiger partial charge is 0.481 e. The lowest BCUT2D eigenvalue weighted by molar-refractivity contribution is -0.130. The number of nitrogens with zero attached hydrogens (tertiary/aromatic N) is 3. The molecule has 1 fully saturated rings. The van der Waals surface area contributed by atoms with Gasteiger partial charge in [-0.05, 0) is 6.07 Å². The summed E-state index contributed by atoms with van der Waals surface area (Å²) in [7, 11) is 1.55. The van der Waals surface area contributed by atoms with Crippen molar-refractivity contribution in [2.24, 2.45) is 0 Å². The first kappa shape index (κ1) is 15.1. The van der Waals surface area contributed by atoms with Gasteiger partial charge in [-0.1, -0.05) is 6.07 Å². The van der Waals surface area contributed by atoms with E-state index in [1.807, 2.05) is 6.07 Å². The molecule has 1 aromatic rings. The van der Waals surface area contributed by atoms with Crippen molar-refractivity contribution in [3.63, 3.8) is 0 Å². The standard InChI is InChI=1S/C14H20N4O3/c1-11(19)17-6-8-18(9-7-17)14(20)16-10-12-4-3-5-15-13(12)21-2/h3-5H,6-10H2,1-2H3,(H,16,20). The maximum atomic E-state index is 12.1. The highest BCUT2D eigenvalue weighted by molar-refractivity contribution is 5.76. The van der Waals surface area contributed by atoms with Crippen LogP contribution in [0.3, 0.4) is 0 Å². The number of carbonyl (C=O) groups excluding carboxylic acids is 2. The molecule has 0 bridgehead atoms. The van der Waals surface area contributed by atoms with Crippen molar-refractivity contribution >= 4 is 11.9 Å². The molecule has 1 aromatic heterocycles. The summed E-state index contributed by atoms with van der Waals surface area (Å²) < 4.78 is 5.14. The van der Waals surface area contributed by atoms with Gasteiger partial charge < -0.3 is 19.9 Å². The molecule has 0 aliphatic carbocycles. The molecule has 2 heterocycles. The number of urea groups is 1. The molecule has 2 rings (SSSR count). The van der Waals surface area contributed by atoms with Gasteiger partial charge in [-0.15, -0.1) is 0 Å². The highest BCUT2D eigenvalue weighted by Gasteiger charge is 2.22. The molecule has 114 valence electrons. The average Bonchev–Trinajstić information content (AvgIpc) is 2.52. The van der Waals surface area contributed by atoms with Crippen LogP contribution in [0.5, 0.6) is 5.88 Å². The normalized spacial score (nSPS) is 14.8. The second-order valence-electron chi connectivity index (χ2n) is 4.82. The van der Waals surface area contributed by atoms with E-state index in [-0.39, 0.29) is 11.9 Å². The number of pyridine rings is 1. The minimum atomic E-state index is -0.135. The minimum absolute atomic E-state index is 0.0511. The zero-order valence-electron chi connectivity index (χ0n) is 12.3. The summed E-state index contributed by atoms with van der Waals surface area (Å²) >= 11 is 0. The average molecular weight is 292 g/mol. The monoisotopic (exact) mass is 292 g/mol. The molecule has 3 amide bonds. The molecule has 0 saturated carbocycles. The van der Waals surface area contributed by atoms with Gasteiger partial charge in [-0.3, -0.25) is 4.79 Å². The van der Waals surface area contributed by atoms with Crippen molar-refractivity contribution in [2.75, 3.05) is 33.3 Å². The van der Waals surface area contributed by atoms with Crippen molar-refractivity contribution in [3.8, 4) is 5.88 Å². The molecule has 0 spiro atoms. The second kappa shape index (κ2) is 6.92. The SMILES string of the molecule is COc1ncccc1CNC(=O)N1CCN(C(C)=O)CC1. The Balaban J connectivity index is 1.84. The Morgan fingerprint density at radius 1 is 1.29 bits per heavy atom. The van der Waals surface area contributed by atoms with Gasteiger partial charge in [0.1, 0.15) is 0 Å². The quantitative estimate of drug-likeness (QED) is 0.878. The van der Waals surface area contributed by atoms with E-state index >= 15 is 0 Å². The highest BCUT2D eigenvalue weighted by Crippen LogP contribution is 2.13. The first-order chi connectivity index (χ1) is 10.1. The molecule has 0 unspecified atom stereocenters. The van der Waals surface area contributed by atoms with Crippen LogP contribution in [0.1, 0.15) is 12.5 Å². The smallest absolute Gasteiger partial charge is 0.317 e. The van der Waals surface area contributed by atoms with E-state index in [4.69, 9.17) is 4.74 Å². The fourth-order valence-corrected chi connectivity index (χ4v) is 2.25. The molecule has 1 aliphatic rings. The van der Waals surface area contributed by atoms with Crippen LogP contribution in [0, 0.1) is 0 Å².